The Balaban J connectivity index is 1.87. The molecule has 1 aliphatic heterocycles. The van der Waals surface area contributed by atoms with Crippen molar-refractivity contribution >= 4 is 68.6 Å². The van der Waals surface area contributed by atoms with Crippen molar-refractivity contribution in [1.29, 1.82) is 5.26 Å². The molecule has 0 spiro atoms. The van der Waals surface area contributed by atoms with E-state index in [4.69, 9.17) is 24.2 Å². The Morgan fingerprint density at radius 2 is 1.82 bits per heavy atom. The van der Waals surface area contributed by atoms with E-state index in [1.54, 1.807) is 18.2 Å². The van der Waals surface area contributed by atoms with Crippen LogP contribution in [0.4, 0.5) is 0 Å². The highest BCUT2D eigenvalue weighted by Crippen LogP contribution is 2.35. The first-order valence-corrected chi connectivity index (χ1v) is 14.8. The van der Waals surface area contributed by atoms with Gasteiger partial charge < -0.3 is 18.9 Å². The number of benzene rings is 2. The summed E-state index contributed by atoms with van der Waals surface area (Å²) in [7, 11) is 1.29. The van der Waals surface area contributed by atoms with Gasteiger partial charge in [-0.25, -0.2) is 9.79 Å². The van der Waals surface area contributed by atoms with Crippen LogP contribution in [0.25, 0.3) is 6.08 Å². The van der Waals surface area contributed by atoms with Crippen LogP contribution >= 0.6 is 56.5 Å². The summed E-state index contributed by atoms with van der Waals surface area (Å²) in [5.41, 5.74) is 1.39. The van der Waals surface area contributed by atoms with Gasteiger partial charge in [-0.15, -0.1) is 0 Å². The molecular formula is C27H23I2N3O6S. The monoisotopic (exact) mass is 771 g/mol. The van der Waals surface area contributed by atoms with Gasteiger partial charge in [-0.2, -0.15) is 5.26 Å². The van der Waals surface area contributed by atoms with Gasteiger partial charge in [-0.1, -0.05) is 17.4 Å². The van der Waals surface area contributed by atoms with Crippen molar-refractivity contribution in [3.05, 3.63) is 80.1 Å². The number of methoxy groups -OCH3 is 1. The number of hydrogen-bond donors (Lipinski definition) is 0. The molecule has 0 bridgehead atoms. The molecule has 9 nitrogen and oxygen atoms in total. The lowest BCUT2D eigenvalue weighted by Gasteiger charge is -2.23. The topological polar surface area (TPSA) is 112 Å². The van der Waals surface area contributed by atoms with E-state index in [-0.39, 0.29) is 17.7 Å². The molecule has 0 fully saturated rings. The van der Waals surface area contributed by atoms with E-state index in [2.05, 4.69) is 50.2 Å². The van der Waals surface area contributed by atoms with E-state index >= 15 is 0 Å². The number of thiazole rings is 1. The standard InChI is InChI=1S/C27H23I2N3O6S/c1-4-36-20-7-6-16(13-21(20)37-5-2)23-17(26(34)35-3)14-31-27-32(23)25(33)22(39-27)12-15-10-18(28)24(19(29)11-15)38-9-8-30/h6-7,10-14,23H,4-5,9H2,1-3H3/b22-12-/t23-/m1/s1. The minimum atomic E-state index is -0.771. The summed E-state index contributed by atoms with van der Waals surface area (Å²) < 4.78 is 25.6. The molecule has 3 aromatic rings. The van der Waals surface area contributed by atoms with E-state index in [1.165, 1.54) is 29.2 Å². The van der Waals surface area contributed by atoms with Gasteiger partial charge in [0.05, 0.1) is 43.6 Å². The number of carbonyl (C=O) groups is 1. The van der Waals surface area contributed by atoms with Crippen LogP contribution in [-0.2, 0) is 9.53 Å². The highest BCUT2D eigenvalue weighted by molar-refractivity contribution is 14.1. The first-order valence-electron chi connectivity index (χ1n) is 11.8. The first kappa shape index (κ1) is 29.1. The van der Waals surface area contributed by atoms with Crippen LogP contribution in [0.15, 0.2) is 51.9 Å². The number of halogens is 2. The number of carbonyl (C=O) groups excluding carboxylic acids is 1. The lowest BCUT2D eigenvalue weighted by molar-refractivity contribution is -0.136. The third-order valence-electron chi connectivity index (χ3n) is 5.61. The summed E-state index contributed by atoms with van der Waals surface area (Å²) in [4.78, 5) is 31.4. The lowest BCUT2D eigenvalue weighted by Crippen LogP contribution is -2.39. The predicted molar refractivity (Wildman–Crippen MR) is 163 cm³/mol. The van der Waals surface area contributed by atoms with Crippen LogP contribution in [0.5, 0.6) is 17.2 Å². The average Bonchev–Trinajstić information content (AvgIpc) is 3.23. The van der Waals surface area contributed by atoms with E-state index in [1.807, 2.05) is 38.1 Å². The third-order valence-corrected chi connectivity index (χ3v) is 8.21. The van der Waals surface area contributed by atoms with Crippen LogP contribution in [0.1, 0.15) is 31.0 Å². The molecule has 0 saturated heterocycles. The molecular weight excluding hydrogens is 748 g/mol. The second kappa shape index (κ2) is 13.0. The summed E-state index contributed by atoms with van der Waals surface area (Å²) in [6.45, 7) is 4.59. The van der Waals surface area contributed by atoms with E-state index in [9.17, 15) is 9.59 Å². The van der Waals surface area contributed by atoms with Gasteiger partial charge in [0, 0.05) is 6.20 Å². The number of fused-ring (bicyclic) bond motifs is 1. The molecule has 0 unspecified atom stereocenters. The maximum absolute atomic E-state index is 13.8. The minimum absolute atomic E-state index is 0.0525. The SMILES string of the molecule is CCOc1ccc([C@@H]2C(C(=O)OC)=CN=c3s/c(=C\c4cc(I)c(OCC#N)c(I)c4)c(=O)n32)cc1OCC. The number of nitrogens with zero attached hydrogens (tertiary/aromatic N) is 3. The highest BCUT2D eigenvalue weighted by Gasteiger charge is 2.31. The Morgan fingerprint density at radius 3 is 2.46 bits per heavy atom. The molecule has 0 aliphatic carbocycles. The van der Waals surface area contributed by atoms with Crippen molar-refractivity contribution in [3.63, 3.8) is 0 Å². The molecule has 0 N–H and O–H groups in total. The van der Waals surface area contributed by atoms with Gasteiger partial charge in [-0.05, 0) is 100 Å². The smallest absolute Gasteiger partial charge is 0.337 e. The Hall–Kier alpha value is -2.90. The third kappa shape index (κ3) is 6.15. The molecule has 1 aromatic heterocycles. The second-order valence-corrected chi connectivity index (χ2v) is 11.3. The normalized spacial score (nSPS) is 14.5. The number of hydrogen-bond acceptors (Lipinski definition) is 9. The van der Waals surface area contributed by atoms with Crippen LogP contribution in [0, 0.1) is 18.5 Å². The van der Waals surface area contributed by atoms with Gasteiger partial charge in [0.15, 0.2) is 22.9 Å². The zero-order valence-corrected chi connectivity index (χ0v) is 26.3. The zero-order chi connectivity index (χ0) is 28.1. The summed E-state index contributed by atoms with van der Waals surface area (Å²) in [5, 5.41) is 8.84. The van der Waals surface area contributed by atoms with Gasteiger partial charge in [-0.3, -0.25) is 9.36 Å². The molecule has 2 heterocycles. The summed E-state index contributed by atoms with van der Waals surface area (Å²) >= 11 is 5.51. The number of ether oxygens (including phenoxy) is 4. The van der Waals surface area contributed by atoms with Gasteiger partial charge >= 0.3 is 5.97 Å². The summed E-state index contributed by atoms with van der Waals surface area (Å²) in [6, 6.07) is 10.3. The van der Waals surface area contributed by atoms with Crippen molar-refractivity contribution in [2.75, 3.05) is 26.9 Å². The minimum Gasteiger partial charge on any atom is -0.490 e. The second-order valence-electron chi connectivity index (χ2n) is 8.01. The molecule has 0 radical (unpaired) electrons. The Bertz CT molecular complexity index is 1650. The van der Waals surface area contributed by atoms with Crippen molar-refractivity contribution < 1.29 is 23.7 Å². The van der Waals surface area contributed by atoms with Crippen LogP contribution < -0.4 is 29.1 Å². The molecule has 202 valence electrons. The summed E-state index contributed by atoms with van der Waals surface area (Å²) in [6.07, 6.45) is 3.24. The van der Waals surface area contributed by atoms with Gasteiger partial charge in [0.1, 0.15) is 11.8 Å². The molecule has 4 rings (SSSR count). The van der Waals surface area contributed by atoms with Crippen molar-refractivity contribution in [2.24, 2.45) is 4.99 Å². The van der Waals surface area contributed by atoms with Crippen molar-refractivity contribution in [2.45, 2.75) is 19.9 Å². The molecule has 0 saturated carbocycles. The number of nitriles is 1. The Labute approximate surface area is 255 Å². The fourth-order valence-corrected chi connectivity index (χ4v) is 7.14. The first-order chi connectivity index (χ1) is 18.8. The van der Waals surface area contributed by atoms with Crippen LogP contribution in [0.3, 0.4) is 0 Å². The fourth-order valence-electron chi connectivity index (χ4n) is 4.04. The predicted octanol–water partition coefficient (Wildman–Crippen LogP) is 3.93. The molecule has 1 atom stereocenters. The lowest BCUT2D eigenvalue weighted by atomic mass is 9.97. The van der Waals surface area contributed by atoms with E-state index in [0.717, 1.165) is 12.7 Å². The number of aromatic nitrogens is 1. The van der Waals surface area contributed by atoms with Crippen LogP contribution in [-0.4, -0.2) is 37.5 Å². The molecule has 0 amide bonds. The van der Waals surface area contributed by atoms with E-state index < -0.39 is 12.0 Å². The molecule has 39 heavy (non-hydrogen) atoms. The molecule has 1 aliphatic rings. The maximum Gasteiger partial charge on any atom is 0.337 e. The highest BCUT2D eigenvalue weighted by atomic mass is 127. The van der Waals surface area contributed by atoms with Crippen LogP contribution in [0.2, 0.25) is 0 Å². The average molecular weight is 771 g/mol. The van der Waals surface area contributed by atoms with Gasteiger partial charge in [0.25, 0.3) is 5.56 Å². The summed E-state index contributed by atoms with van der Waals surface area (Å²) in [5.74, 6) is 1.13. The number of esters is 1. The van der Waals surface area contributed by atoms with E-state index in [0.29, 0.717) is 45.4 Å². The Morgan fingerprint density at radius 1 is 1.13 bits per heavy atom. The van der Waals surface area contributed by atoms with Crippen molar-refractivity contribution in [1.82, 2.24) is 4.57 Å². The molecule has 2 aromatic carbocycles. The quantitative estimate of drug-likeness (QED) is 0.240. The number of rotatable bonds is 9. The largest absolute Gasteiger partial charge is 0.490 e. The van der Waals surface area contributed by atoms with Gasteiger partial charge in [0.2, 0.25) is 0 Å². The Kier molecular flexibility index (Phi) is 9.67. The maximum atomic E-state index is 13.8. The zero-order valence-electron chi connectivity index (χ0n) is 21.2. The molecule has 12 heteroatoms. The fraction of sp³-hybridized carbons (Fsp3) is 0.259. The van der Waals surface area contributed by atoms with Crippen molar-refractivity contribution in [3.8, 4) is 23.3 Å².